The van der Waals surface area contributed by atoms with Gasteiger partial charge in [0.15, 0.2) is 0 Å². The lowest BCUT2D eigenvalue weighted by Crippen LogP contribution is -2.40. The number of ether oxygens (including phenoxy) is 1. The van der Waals surface area contributed by atoms with E-state index in [9.17, 15) is 4.79 Å². The molecule has 0 aliphatic heterocycles. The lowest BCUT2D eigenvalue weighted by molar-refractivity contribution is 0.0922. The molecule has 2 heterocycles. The third kappa shape index (κ3) is 4.06. The van der Waals surface area contributed by atoms with Crippen LogP contribution in [0.15, 0.2) is 30.3 Å². The molecule has 1 aromatic carbocycles. The number of hydrogen-bond donors (Lipinski definition) is 2. The number of benzene rings is 1. The van der Waals surface area contributed by atoms with Gasteiger partial charge in [0.25, 0.3) is 5.91 Å². The second-order valence-corrected chi connectivity index (χ2v) is 9.77. The maximum Gasteiger partial charge on any atom is 0.268 e. The van der Waals surface area contributed by atoms with Gasteiger partial charge in [-0.3, -0.25) is 4.79 Å². The monoisotopic (exact) mass is 450 g/mol. The highest BCUT2D eigenvalue weighted by molar-refractivity contribution is 7.23. The topological polar surface area (TPSA) is 54.1 Å². The van der Waals surface area contributed by atoms with E-state index in [1.807, 2.05) is 6.07 Å². The molecule has 1 amide bonds. The van der Waals surface area contributed by atoms with Crippen LogP contribution in [0.4, 0.5) is 0 Å². The largest absolute Gasteiger partial charge is 0.385 e. The zero-order chi connectivity index (χ0) is 20.5. The first-order valence-electron chi connectivity index (χ1n) is 9.83. The Hall–Kier alpha value is -1.53. The number of carbonyl (C=O) groups excluding carboxylic acids is 1. The van der Waals surface area contributed by atoms with Crippen molar-refractivity contribution in [2.75, 3.05) is 13.7 Å². The van der Waals surface area contributed by atoms with E-state index in [1.165, 1.54) is 22.5 Å². The molecule has 2 unspecified atom stereocenters. The average molecular weight is 451 g/mol. The fraction of sp³-hybridized carbons (Fsp3) is 0.409. The number of thiophene rings is 1. The second kappa shape index (κ2) is 8.68. The van der Waals surface area contributed by atoms with Gasteiger partial charge >= 0.3 is 0 Å². The van der Waals surface area contributed by atoms with E-state index in [0.717, 1.165) is 36.1 Å². The van der Waals surface area contributed by atoms with Gasteiger partial charge in [-0.15, -0.1) is 11.3 Å². The first kappa shape index (κ1) is 20.7. The van der Waals surface area contributed by atoms with Gasteiger partial charge < -0.3 is 15.0 Å². The van der Waals surface area contributed by atoms with Crippen molar-refractivity contribution in [1.29, 1.82) is 0 Å². The number of rotatable bonds is 7. The van der Waals surface area contributed by atoms with Crippen molar-refractivity contribution in [3.63, 3.8) is 0 Å². The molecule has 3 atom stereocenters. The first-order chi connectivity index (χ1) is 14.0. The molecule has 7 heteroatoms. The minimum atomic E-state index is -0.104. The number of halogens is 2. The zero-order valence-electron chi connectivity index (χ0n) is 16.4. The molecule has 0 bridgehead atoms. The minimum absolute atomic E-state index is 0.0674. The zero-order valence-corrected chi connectivity index (χ0v) is 18.8. The van der Waals surface area contributed by atoms with E-state index in [-0.39, 0.29) is 11.9 Å². The fourth-order valence-electron chi connectivity index (χ4n) is 4.49. The summed E-state index contributed by atoms with van der Waals surface area (Å²) >= 11 is 13.7. The SMILES string of the molecule is COCCCC(C)[C@@H]1c2ccccc2CC1NC(=O)c1cc2sc(Cl)c(Cl)c2[nH]1. The number of carbonyl (C=O) groups is 1. The molecule has 0 spiro atoms. The molecule has 1 aliphatic rings. The average Bonchev–Trinajstić information content (AvgIpc) is 3.35. The van der Waals surface area contributed by atoms with Crippen molar-refractivity contribution in [2.45, 2.75) is 38.1 Å². The molecular formula is C22H24Cl2N2O2S. The third-order valence-electron chi connectivity index (χ3n) is 5.84. The fourth-order valence-corrected chi connectivity index (χ4v) is 5.97. The Morgan fingerprint density at radius 1 is 1.38 bits per heavy atom. The van der Waals surface area contributed by atoms with Crippen molar-refractivity contribution in [1.82, 2.24) is 10.3 Å². The summed E-state index contributed by atoms with van der Waals surface area (Å²) in [6.45, 7) is 3.03. The second-order valence-electron chi connectivity index (χ2n) is 7.73. The summed E-state index contributed by atoms with van der Waals surface area (Å²) in [4.78, 5) is 16.1. The molecule has 1 aliphatic carbocycles. The van der Waals surface area contributed by atoms with Crippen LogP contribution in [-0.4, -0.2) is 30.6 Å². The predicted molar refractivity (Wildman–Crippen MR) is 121 cm³/mol. The molecule has 0 saturated carbocycles. The van der Waals surface area contributed by atoms with Gasteiger partial charge in [-0.25, -0.2) is 0 Å². The molecular weight excluding hydrogens is 427 g/mol. The van der Waals surface area contributed by atoms with E-state index < -0.39 is 0 Å². The molecule has 154 valence electrons. The Morgan fingerprint density at radius 2 is 2.17 bits per heavy atom. The van der Waals surface area contributed by atoms with Crippen LogP contribution in [0, 0.1) is 5.92 Å². The van der Waals surface area contributed by atoms with Crippen LogP contribution >= 0.6 is 34.5 Å². The molecule has 4 nitrogen and oxygen atoms in total. The van der Waals surface area contributed by atoms with E-state index >= 15 is 0 Å². The number of aromatic amines is 1. The smallest absolute Gasteiger partial charge is 0.268 e. The number of hydrogen-bond acceptors (Lipinski definition) is 3. The summed E-state index contributed by atoms with van der Waals surface area (Å²) < 4.78 is 6.65. The van der Waals surface area contributed by atoms with Crippen LogP contribution in [0.1, 0.15) is 47.3 Å². The van der Waals surface area contributed by atoms with E-state index in [2.05, 4.69) is 41.5 Å². The van der Waals surface area contributed by atoms with E-state index in [4.69, 9.17) is 27.9 Å². The van der Waals surface area contributed by atoms with Gasteiger partial charge in [0.1, 0.15) is 10.0 Å². The number of aromatic nitrogens is 1. The predicted octanol–water partition coefficient (Wildman–Crippen LogP) is 6.04. The van der Waals surface area contributed by atoms with E-state index in [0.29, 0.717) is 26.9 Å². The molecule has 0 fully saturated rings. The van der Waals surface area contributed by atoms with Crippen molar-refractivity contribution < 1.29 is 9.53 Å². The molecule has 4 rings (SSSR count). The number of nitrogens with one attached hydrogen (secondary N) is 2. The van der Waals surface area contributed by atoms with Gasteiger partial charge in [-0.05, 0) is 42.4 Å². The normalized spacial score (nSPS) is 19.4. The van der Waals surface area contributed by atoms with Gasteiger partial charge in [0, 0.05) is 25.7 Å². The Labute approximate surface area is 184 Å². The molecule has 2 aromatic heterocycles. The summed E-state index contributed by atoms with van der Waals surface area (Å²) in [5, 5.41) is 3.75. The number of H-pyrrole nitrogens is 1. The summed E-state index contributed by atoms with van der Waals surface area (Å²) in [5.74, 6) is 0.632. The molecule has 0 radical (unpaired) electrons. The maximum atomic E-state index is 13.0. The van der Waals surface area contributed by atoms with Crippen LogP contribution in [0.5, 0.6) is 0 Å². The first-order valence-corrected chi connectivity index (χ1v) is 11.4. The van der Waals surface area contributed by atoms with Gasteiger partial charge in [0.2, 0.25) is 0 Å². The maximum absolute atomic E-state index is 13.0. The molecule has 0 saturated heterocycles. The molecule has 3 aromatic rings. The number of fused-ring (bicyclic) bond motifs is 2. The Morgan fingerprint density at radius 3 is 2.93 bits per heavy atom. The lowest BCUT2D eigenvalue weighted by Gasteiger charge is -2.27. The summed E-state index contributed by atoms with van der Waals surface area (Å²) in [6.07, 6.45) is 2.93. The van der Waals surface area contributed by atoms with Crippen molar-refractivity contribution in [3.8, 4) is 0 Å². The highest BCUT2D eigenvalue weighted by atomic mass is 35.5. The van der Waals surface area contributed by atoms with Crippen LogP contribution in [0.2, 0.25) is 9.36 Å². The van der Waals surface area contributed by atoms with Crippen molar-refractivity contribution >= 4 is 50.7 Å². The number of amides is 1. The number of methoxy groups -OCH3 is 1. The summed E-state index contributed by atoms with van der Waals surface area (Å²) in [6, 6.07) is 10.4. The molecule has 29 heavy (non-hydrogen) atoms. The standard InChI is InChI=1S/C22H24Cl2N2O2S/c1-12(6-5-9-28-2)18-14-8-4-3-7-13(14)10-15(18)26-22(27)16-11-17-20(25-16)19(23)21(24)29-17/h3-4,7-8,11-12,15,18,25H,5-6,9-10H2,1-2H3,(H,26,27)/t12?,15?,18-/m1/s1. The Balaban J connectivity index is 1.54. The van der Waals surface area contributed by atoms with Gasteiger partial charge in [-0.2, -0.15) is 0 Å². The Bertz CT molecular complexity index is 1030. The summed E-state index contributed by atoms with van der Waals surface area (Å²) in [5.41, 5.74) is 3.92. The van der Waals surface area contributed by atoms with E-state index in [1.54, 1.807) is 7.11 Å². The lowest BCUT2D eigenvalue weighted by atomic mass is 9.83. The quantitative estimate of drug-likeness (QED) is 0.431. The van der Waals surface area contributed by atoms with Crippen molar-refractivity contribution in [3.05, 3.63) is 56.5 Å². The van der Waals surface area contributed by atoms with Crippen molar-refractivity contribution in [2.24, 2.45) is 5.92 Å². The van der Waals surface area contributed by atoms with Gasteiger partial charge in [-0.1, -0.05) is 54.4 Å². The van der Waals surface area contributed by atoms with Crippen LogP contribution in [-0.2, 0) is 11.2 Å². The summed E-state index contributed by atoms with van der Waals surface area (Å²) in [7, 11) is 1.74. The molecule has 2 N–H and O–H groups in total. The minimum Gasteiger partial charge on any atom is -0.385 e. The Kier molecular flexibility index (Phi) is 6.21. The van der Waals surface area contributed by atoms with Crippen LogP contribution < -0.4 is 5.32 Å². The third-order valence-corrected chi connectivity index (χ3v) is 7.78. The van der Waals surface area contributed by atoms with Crippen LogP contribution in [0.3, 0.4) is 0 Å². The van der Waals surface area contributed by atoms with Gasteiger partial charge in [0.05, 0.1) is 15.2 Å². The van der Waals surface area contributed by atoms with Crippen LogP contribution in [0.25, 0.3) is 10.2 Å². The highest BCUT2D eigenvalue weighted by Crippen LogP contribution is 2.41. The highest BCUT2D eigenvalue weighted by Gasteiger charge is 2.36.